The van der Waals surface area contributed by atoms with Crippen molar-refractivity contribution < 1.29 is 39.6 Å². The maximum Gasteiger partial charge on any atom is 0.307 e. The van der Waals surface area contributed by atoms with E-state index in [1.807, 2.05) is 0 Å². The highest BCUT2D eigenvalue weighted by Crippen LogP contribution is 2.33. The molecule has 2 heterocycles. The van der Waals surface area contributed by atoms with Crippen LogP contribution in [0.25, 0.3) is 0 Å². The molecule has 10 heteroatoms. The number of carboxylic acids is 4. The van der Waals surface area contributed by atoms with Gasteiger partial charge in [-0.1, -0.05) is 0 Å². The van der Waals surface area contributed by atoms with E-state index in [0.29, 0.717) is 33.7 Å². The van der Waals surface area contributed by atoms with E-state index in [0.717, 1.165) is 0 Å². The van der Waals surface area contributed by atoms with Crippen LogP contribution in [-0.2, 0) is 19.2 Å². The third-order valence-corrected chi connectivity index (χ3v) is 5.10. The Labute approximate surface area is 172 Å². The lowest BCUT2D eigenvalue weighted by Gasteiger charge is -2.15. The van der Waals surface area contributed by atoms with Crippen LogP contribution in [-0.4, -0.2) is 68.3 Å². The maximum absolute atomic E-state index is 11.3. The molecule has 30 heavy (non-hydrogen) atoms. The van der Waals surface area contributed by atoms with E-state index in [1.165, 1.54) is 0 Å². The first kappa shape index (κ1) is 23.0. The number of aliphatic imine (C=N–C) groups is 2. The molecule has 162 valence electrons. The molecular weight excluding hydrogens is 396 g/mol. The van der Waals surface area contributed by atoms with E-state index in [9.17, 15) is 29.4 Å². The Kier molecular flexibility index (Phi) is 7.62. The lowest BCUT2D eigenvalue weighted by molar-refractivity contribution is -0.138. The normalized spacial score (nSPS) is 18.5. The van der Waals surface area contributed by atoms with E-state index < -0.39 is 29.9 Å². The van der Waals surface area contributed by atoms with Crippen molar-refractivity contribution in [2.24, 2.45) is 9.98 Å². The van der Waals surface area contributed by atoms with Gasteiger partial charge in [-0.05, 0) is 42.1 Å². The van der Waals surface area contributed by atoms with E-state index in [2.05, 4.69) is 9.98 Å². The van der Waals surface area contributed by atoms with Crippen molar-refractivity contribution in [3.63, 3.8) is 0 Å². The van der Waals surface area contributed by atoms with Crippen molar-refractivity contribution >= 4 is 35.3 Å². The third kappa shape index (κ3) is 6.10. The summed E-state index contributed by atoms with van der Waals surface area (Å²) < 4.78 is 0. The number of carboxylic acid groups (broad SMARTS) is 4. The van der Waals surface area contributed by atoms with Crippen molar-refractivity contribution in [1.82, 2.24) is 0 Å². The average molecular weight is 420 g/mol. The van der Waals surface area contributed by atoms with Gasteiger partial charge in [-0.3, -0.25) is 29.2 Å². The molecule has 0 aliphatic carbocycles. The minimum atomic E-state index is -1.06. The van der Waals surface area contributed by atoms with Gasteiger partial charge in [0.15, 0.2) is 0 Å². The molecule has 1 atom stereocenters. The second kappa shape index (κ2) is 9.95. The van der Waals surface area contributed by atoms with Gasteiger partial charge in [0.2, 0.25) is 0 Å². The third-order valence-electron chi connectivity index (χ3n) is 5.10. The molecule has 10 nitrogen and oxygen atoms in total. The molecule has 0 spiro atoms. The summed E-state index contributed by atoms with van der Waals surface area (Å²) in [6.07, 6.45) is -0.312. The summed E-state index contributed by atoms with van der Waals surface area (Å²) in [5, 5.41) is 36.4. The largest absolute Gasteiger partial charge is 0.481 e. The second-order valence-electron chi connectivity index (χ2n) is 7.21. The first-order valence-corrected chi connectivity index (χ1v) is 9.47. The van der Waals surface area contributed by atoms with Crippen LogP contribution < -0.4 is 0 Å². The SMILES string of the molecule is CC1=NC(CC2=NCC(CCC(=O)O)=C2CC(=O)O)C(CCC(=O)O)=C1CC(=O)O. The van der Waals surface area contributed by atoms with Gasteiger partial charge in [0.05, 0.1) is 25.4 Å². The number of hydrogen-bond donors (Lipinski definition) is 4. The van der Waals surface area contributed by atoms with Crippen molar-refractivity contribution in [2.45, 2.75) is 57.9 Å². The van der Waals surface area contributed by atoms with Crippen LogP contribution in [0.3, 0.4) is 0 Å². The zero-order valence-corrected chi connectivity index (χ0v) is 16.6. The average Bonchev–Trinajstić information content (AvgIpc) is 3.12. The monoisotopic (exact) mass is 420 g/mol. The van der Waals surface area contributed by atoms with Gasteiger partial charge >= 0.3 is 23.9 Å². The summed E-state index contributed by atoms with van der Waals surface area (Å²) in [7, 11) is 0. The van der Waals surface area contributed by atoms with E-state index in [-0.39, 0.29) is 51.5 Å². The molecule has 4 N–H and O–H groups in total. The summed E-state index contributed by atoms with van der Waals surface area (Å²) in [6, 6.07) is -0.514. The minimum Gasteiger partial charge on any atom is -0.481 e. The number of rotatable bonds is 12. The van der Waals surface area contributed by atoms with E-state index >= 15 is 0 Å². The molecule has 0 aromatic heterocycles. The van der Waals surface area contributed by atoms with Crippen LogP contribution in [0.1, 0.15) is 51.9 Å². The maximum atomic E-state index is 11.3. The second-order valence-corrected chi connectivity index (χ2v) is 7.21. The minimum absolute atomic E-state index is 0.130. The quantitative estimate of drug-likeness (QED) is 0.370. The number of nitrogens with zero attached hydrogens (tertiary/aromatic N) is 2. The summed E-state index contributed by atoms with van der Waals surface area (Å²) in [5.41, 5.74) is 3.30. The fourth-order valence-electron chi connectivity index (χ4n) is 3.77. The fraction of sp³-hybridized carbons (Fsp3) is 0.500. The first-order valence-electron chi connectivity index (χ1n) is 9.47. The van der Waals surface area contributed by atoms with Gasteiger partial charge in [-0.25, -0.2) is 0 Å². The van der Waals surface area contributed by atoms with Crippen molar-refractivity contribution in [3.05, 3.63) is 22.3 Å². The van der Waals surface area contributed by atoms with E-state index in [1.54, 1.807) is 6.92 Å². The lowest BCUT2D eigenvalue weighted by atomic mass is 9.90. The van der Waals surface area contributed by atoms with Gasteiger partial charge in [0.25, 0.3) is 0 Å². The van der Waals surface area contributed by atoms with Gasteiger partial charge in [0, 0.05) is 30.7 Å². The molecule has 0 aromatic carbocycles. The Bertz CT molecular complexity index is 894. The highest BCUT2D eigenvalue weighted by Gasteiger charge is 2.31. The molecule has 2 aliphatic heterocycles. The topological polar surface area (TPSA) is 174 Å². The molecule has 0 aromatic rings. The summed E-state index contributed by atoms with van der Waals surface area (Å²) >= 11 is 0. The Morgan fingerprint density at radius 1 is 0.867 bits per heavy atom. The molecule has 0 fully saturated rings. The predicted molar refractivity (Wildman–Crippen MR) is 106 cm³/mol. The van der Waals surface area contributed by atoms with Crippen molar-refractivity contribution in [2.75, 3.05) is 6.54 Å². The van der Waals surface area contributed by atoms with Crippen LogP contribution in [0.2, 0.25) is 0 Å². The van der Waals surface area contributed by atoms with Crippen LogP contribution in [0.5, 0.6) is 0 Å². The smallest absolute Gasteiger partial charge is 0.307 e. The molecule has 0 amide bonds. The van der Waals surface area contributed by atoms with Gasteiger partial charge in [-0.15, -0.1) is 0 Å². The Hall–Kier alpha value is -3.30. The van der Waals surface area contributed by atoms with Crippen LogP contribution in [0, 0.1) is 0 Å². The predicted octanol–water partition coefficient (Wildman–Crippen LogP) is 1.95. The molecular formula is C20H24N2O8. The highest BCUT2D eigenvalue weighted by molar-refractivity contribution is 6.08. The molecule has 0 radical (unpaired) electrons. The number of hydrogen-bond acceptors (Lipinski definition) is 6. The van der Waals surface area contributed by atoms with Gasteiger partial charge in [-0.2, -0.15) is 0 Å². The fourth-order valence-corrected chi connectivity index (χ4v) is 3.77. The Morgan fingerprint density at radius 2 is 1.43 bits per heavy atom. The standard InChI is InChI=1S/C20H24N2O8/c1-10-13(6-19(27)28)12(3-5-18(25)26)16(22-10)8-15-14(7-20(29)30)11(9-21-15)2-4-17(23)24/h16H,2-9H2,1H3,(H,23,24)(H,25,26)(H,27,28)(H,29,30). The van der Waals surface area contributed by atoms with Crippen LogP contribution >= 0.6 is 0 Å². The van der Waals surface area contributed by atoms with Crippen LogP contribution in [0.4, 0.5) is 0 Å². The molecule has 1 unspecified atom stereocenters. The first-order chi connectivity index (χ1) is 14.1. The molecule has 2 aliphatic rings. The number of carbonyl (C=O) groups is 4. The van der Waals surface area contributed by atoms with Crippen molar-refractivity contribution in [3.8, 4) is 0 Å². The zero-order valence-electron chi connectivity index (χ0n) is 16.6. The van der Waals surface area contributed by atoms with E-state index in [4.69, 9.17) is 10.2 Å². The van der Waals surface area contributed by atoms with Crippen LogP contribution in [0.15, 0.2) is 32.3 Å². The lowest BCUT2D eigenvalue weighted by Crippen LogP contribution is -2.17. The van der Waals surface area contributed by atoms with Crippen molar-refractivity contribution in [1.29, 1.82) is 0 Å². The molecule has 2 rings (SSSR count). The Morgan fingerprint density at radius 3 is 2.00 bits per heavy atom. The molecule has 0 saturated carbocycles. The molecule has 0 bridgehead atoms. The van der Waals surface area contributed by atoms with Gasteiger partial charge < -0.3 is 20.4 Å². The Balaban J connectivity index is 2.29. The summed E-state index contributed by atoms with van der Waals surface area (Å²) in [6.45, 7) is 1.89. The highest BCUT2D eigenvalue weighted by atomic mass is 16.4. The summed E-state index contributed by atoms with van der Waals surface area (Å²) in [4.78, 5) is 53.4. The molecule has 0 saturated heterocycles. The summed E-state index contributed by atoms with van der Waals surface area (Å²) in [5.74, 6) is -4.11. The number of aliphatic carboxylic acids is 4. The van der Waals surface area contributed by atoms with Gasteiger partial charge in [0.1, 0.15) is 0 Å². The zero-order chi connectivity index (χ0) is 22.4.